The lowest BCUT2D eigenvalue weighted by molar-refractivity contribution is -0.385. The highest BCUT2D eigenvalue weighted by molar-refractivity contribution is 7.99. The molecule has 1 N–H and O–H groups in total. The van der Waals surface area contributed by atoms with E-state index < -0.39 is 4.92 Å². The quantitative estimate of drug-likeness (QED) is 0.412. The summed E-state index contributed by atoms with van der Waals surface area (Å²) in [6.07, 6.45) is 0. The number of hydrogen-bond acceptors (Lipinski definition) is 5. The molecule has 0 fully saturated rings. The smallest absolute Gasteiger partial charge is 0.311 e. The van der Waals surface area contributed by atoms with Crippen LogP contribution in [-0.4, -0.2) is 23.7 Å². The molecule has 0 unspecified atom stereocenters. The summed E-state index contributed by atoms with van der Waals surface area (Å²) in [5.41, 5.74) is 3.63. The van der Waals surface area contributed by atoms with Crippen LogP contribution >= 0.6 is 11.8 Å². The average molecular weight is 408 g/mol. The van der Waals surface area contributed by atoms with Gasteiger partial charge in [0.15, 0.2) is 5.75 Å². The van der Waals surface area contributed by atoms with Gasteiger partial charge >= 0.3 is 5.69 Å². The average Bonchev–Trinajstić information content (AvgIpc) is 2.74. The predicted octanol–water partition coefficient (Wildman–Crippen LogP) is 5.14. The van der Waals surface area contributed by atoms with E-state index in [0.717, 1.165) is 22.4 Å². The van der Waals surface area contributed by atoms with Crippen molar-refractivity contribution >= 4 is 29.0 Å². The standard InChI is InChI=1S/C22H20N2O4S/c1-28-21-12-7-16(13-20(21)24(26)27)14-29-15-22(25)23-19-10-8-18(9-11-19)17-5-3-2-4-6-17/h2-13H,14-15H2,1H3,(H,23,25). The van der Waals surface area contributed by atoms with Gasteiger partial charge in [-0.25, -0.2) is 0 Å². The molecule has 0 radical (unpaired) electrons. The van der Waals surface area contributed by atoms with E-state index in [1.165, 1.54) is 24.9 Å². The lowest BCUT2D eigenvalue weighted by atomic mass is 10.1. The largest absolute Gasteiger partial charge is 0.490 e. The zero-order chi connectivity index (χ0) is 20.6. The van der Waals surface area contributed by atoms with Gasteiger partial charge in [-0.2, -0.15) is 0 Å². The number of methoxy groups -OCH3 is 1. The maximum Gasteiger partial charge on any atom is 0.311 e. The van der Waals surface area contributed by atoms with E-state index in [1.54, 1.807) is 12.1 Å². The molecule has 0 saturated heterocycles. The first-order chi connectivity index (χ1) is 14.1. The molecule has 0 saturated carbocycles. The Morgan fingerprint density at radius 2 is 1.72 bits per heavy atom. The van der Waals surface area contributed by atoms with Crippen LogP contribution in [0.3, 0.4) is 0 Å². The van der Waals surface area contributed by atoms with Crippen molar-refractivity contribution in [2.75, 3.05) is 18.2 Å². The van der Waals surface area contributed by atoms with Gasteiger partial charge in [0.2, 0.25) is 5.91 Å². The van der Waals surface area contributed by atoms with E-state index in [4.69, 9.17) is 4.74 Å². The minimum atomic E-state index is -0.473. The van der Waals surface area contributed by atoms with Gasteiger partial charge in [-0.15, -0.1) is 11.8 Å². The van der Waals surface area contributed by atoms with Crippen molar-refractivity contribution in [1.29, 1.82) is 0 Å². The van der Waals surface area contributed by atoms with Crippen LogP contribution in [0.4, 0.5) is 11.4 Å². The topological polar surface area (TPSA) is 81.5 Å². The van der Waals surface area contributed by atoms with Crippen LogP contribution in [0, 0.1) is 10.1 Å². The van der Waals surface area contributed by atoms with Gasteiger partial charge in [-0.05, 0) is 34.9 Å². The van der Waals surface area contributed by atoms with Crippen LogP contribution in [0.1, 0.15) is 5.56 Å². The maximum atomic E-state index is 12.2. The SMILES string of the molecule is COc1ccc(CSCC(=O)Nc2ccc(-c3ccccc3)cc2)cc1[N+](=O)[O-]. The number of ether oxygens (including phenoxy) is 1. The summed E-state index contributed by atoms with van der Waals surface area (Å²) in [4.78, 5) is 22.8. The Morgan fingerprint density at radius 1 is 1.03 bits per heavy atom. The fraction of sp³-hybridized carbons (Fsp3) is 0.136. The first-order valence-electron chi connectivity index (χ1n) is 8.91. The van der Waals surface area contributed by atoms with E-state index in [2.05, 4.69) is 5.32 Å². The summed E-state index contributed by atoms with van der Waals surface area (Å²) in [6, 6.07) is 22.5. The monoisotopic (exact) mass is 408 g/mol. The number of benzene rings is 3. The number of thioether (sulfide) groups is 1. The number of anilines is 1. The van der Waals surface area contributed by atoms with Crippen molar-refractivity contribution in [2.45, 2.75) is 5.75 Å². The number of nitrogens with zero attached hydrogens (tertiary/aromatic N) is 1. The van der Waals surface area contributed by atoms with E-state index in [1.807, 2.05) is 54.6 Å². The summed E-state index contributed by atoms with van der Waals surface area (Å²) >= 11 is 1.39. The first kappa shape index (κ1) is 20.4. The van der Waals surface area contributed by atoms with Gasteiger partial charge in [0.05, 0.1) is 17.8 Å². The molecule has 0 aliphatic heterocycles. The van der Waals surface area contributed by atoms with Gasteiger partial charge in [-0.1, -0.05) is 48.5 Å². The fourth-order valence-electron chi connectivity index (χ4n) is 2.80. The summed E-state index contributed by atoms with van der Waals surface area (Å²) in [7, 11) is 1.40. The molecule has 7 heteroatoms. The van der Waals surface area contributed by atoms with Crippen LogP contribution in [0.2, 0.25) is 0 Å². The highest BCUT2D eigenvalue weighted by Crippen LogP contribution is 2.29. The third kappa shape index (κ3) is 5.58. The normalized spacial score (nSPS) is 10.4. The van der Waals surface area contributed by atoms with Crippen LogP contribution < -0.4 is 10.1 Å². The second-order valence-electron chi connectivity index (χ2n) is 6.25. The molecule has 0 bridgehead atoms. The molecule has 29 heavy (non-hydrogen) atoms. The second-order valence-corrected chi connectivity index (χ2v) is 7.23. The molecule has 3 aromatic rings. The molecule has 6 nitrogen and oxygen atoms in total. The fourth-order valence-corrected chi connectivity index (χ4v) is 3.58. The van der Waals surface area contributed by atoms with E-state index in [9.17, 15) is 14.9 Å². The zero-order valence-corrected chi connectivity index (χ0v) is 16.6. The lowest BCUT2D eigenvalue weighted by Crippen LogP contribution is -2.14. The van der Waals surface area contributed by atoms with Crippen molar-refractivity contribution in [1.82, 2.24) is 0 Å². The Morgan fingerprint density at radius 3 is 2.38 bits per heavy atom. The number of amides is 1. The van der Waals surface area contributed by atoms with Gasteiger partial charge < -0.3 is 10.1 Å². The van der Waals surface area contributed by atoms with Crippen LogP contribution in [0.5, 0.6) is 5.75 Å². The minimum Gasteiger partial charge on any atom is -0.490 e. The Balaban J connectivity index is 1.51. The predicted molar refractivity (Wildman–Crippen MR) is 116 cm³/mol. The van der Waals surface area contributed by atoms with E-state index in [0.29, 0.717) is 5.75 Å². The molecular formula is C22H20N2O4S. The number of nitrogens with one attached hydrogen (secondary N) is 1. The molecule has 148 valence electrons. The van der Waals surface area contributed by atoms with Crippen LogP contribution in [0.15, 0.2) is 72.8 Å². The number of rotatable bonds is 8. The molecule has 0 aliphatic rings. The zero-order valence-electron chi connectivity index (χ0n) is 15.8. The van der Waals surface area contributed by atoms with E-state index in [-0.39, 0.29) is 23.1 Å². The summed E-state index contributed by atoms with van der Waals surface area (Å²) < 4.78 is 4.99. The van der Waals surface area contributed by atoms with Crippen LogP contribution in [-0.2, 0) is 10.5 Å². The molecule has 0 aliphatic carbocycles. The van der Waals surface area contributed by atoms with Gasteiger partial charge in [0.1, 0.15) is 0 Å². The first-order valence-corrected chi connectivity index (χ1v) is 10.1. The van der Waals surface area contributed by atoms with Crippen molar-refractivity contribution in [3.8, 4) is 16.9 Å². The number of carbonyl (C=O) groups is 1. The Bertz CT molecular complexity index is 991. The number of nitro groups is 1. The molecule has 0 aromatic heterocycles. The maximum absolute atomic E-state index is 12.2. The molecule has 0 spiro atoms. The third-order valence-corrected chi connectivity index (χ3v) is 5.22. The van der Waals surface area contributed by atoms with Crippen molar-refractivity contribution in [2.24, 2.45) is 0 Å². The number of carbonyl (C=O) groups excluding carboxylic acids is 1. The Kier molecular flexibility index (Phi) is 6.86. The van der Waals surface area contributed by atoms with E-state index >= 15 is 0 Å². The Hall–Kier alpha value is -3.32. The number of hydrogen-bond donors (Lipinski definition) is 1. The Labute approximate surface area is 173 Å². The summed E-state index contributed by atoms with van der Waals surface area (Å²) in [5, 5.41) is 14.0. The van der Waals surface area contributed by atoms with Crippen molar-refractivity contribution in [3.63, 3.8) is 0 Å². The molecule has 0 heterocycles. The van der Waals surface area contributed by atoms with Crippen molar-refractivity contribution < 1.29 is 14.5 Å². The molecule has 1 amide bonds. The highest BCUT2D eigenvalue weighted by atomic mass is 32.2. The molecule has 3 rings (SSSR count). The number of nitro benzene ring substituents is 1. The van der Waals surface area contributed by atoms with Gasteiger partial charge in [-0.3, -0.25) is 14.9 Å². The highest BCUT2D eigenvalue weighted by Gasteiger charge is 2.15. The minimum absolute atomic E-state index is 0.0754. The van der Waals surface area contributed by atoms with Gasteiger partial charge in [0.25, 0.3) is 0 Å². The lowest BCUT2D eigenvalue weighted by Gasteiger charge is -2.08. The second kappa shape index (κ2) is 9.75. The third-order valence-electron chi connectivity index (χ3n) is 4.22. The van der Waals surface area contributed by atoms with Gasteiger partial charge in [0, 0.05) is 17.5 Å². The summed E-state index contributed by atoms with van der Waals surface area (Å²) in [5.74, 6) is 0.844. The molecule has 0 atom stereocenters. The molecule has 3 aromatic carbocycles. The van der Waals surface area contributed by atoms with Crippen molar-refractivity contribution in [3.05, 3.63) is 88.5 Å². The molecular weight excluding hydrogens is 388 g/mol. The van der Waals surface area contributed by atoms with Crippen LogP contribution in [0.25, 0.3) is 11.1 Å². The summed E-state index contributed by atoms with van der Waals surface area (Å²) in [6.45, 7) is 0.